The Labute approximate surface area is 99.8 Å². The first-order valence-electron chi connectivity index (χ1n) is 5.96. The zero-order valence-corrected chi connectivity index (χ0v) is 9.89. The number of aryl methyl sites for hydroxylation is 1. The maximum Gasteiger partial charge on any atom is 0.180 e. The molecular weight excluding hydrogens is 216 g/mol. The molecule has 0 fully saturated rings. The Morgan fingerprint density at radius 1 is 1.53 bits per heavy atom. The third kappa shape index (κ3) is 1.98. The predicted molar refractivity (Wildman–Crippen MR) is 62.2 cm³/mol. The van der Waals surface area contributed by atoms with E-state index in [2.05, 4.69) is 15.4 Å². The van der Waals surface area contributed by atoms with Gasteiger partial charge in [0.2, 0.25) is 0 Å². The van der Waals surface area contributed by atoms with Crippen molar-refractivity contribution in [1.82, 2.24) is 20.1 Å². The molecule has 17 heavy (non-hydrogen) atoms. The van der Waals surface area contributed by atoms with Crippen LogP contribution in [0.4, 0.5) is 0 Å². The van der Waals surface area contributed by atoms with Gasteiger partial charge in [0.25, 0.3) is 0 Å². The van der Waals surface area contributed by atoms with Crippen molar-refractivity contribution < 1.29 is 4.42 Å². The van der Waals surface area contributed by atoms with Crippen LogP contribution >= 0.6 is 0 Å². The van der Waals surface area contributed by atoms with Gasteiger partial charge in [-0.15, -0.1) is 0 Å². The van der Waals surface area contributed by atoms with E-state index in [1.54, 1.807) is 6.20 Å². The van der Waals surface area contributed by atoms with Gasteiger partial charge in [-0.2, -0.15) is 5.10 Å². The molecule has 0 saturated carbocycles. The molecule has 0 aromatic carbocycles. The molecule has 2 heterocycles. The lowest BCUT2D eigenvalue weighted by molar-refractivity contribution is 0.413. The van der Waals surface area contributed by atoms with Crippen molar-refractivity contribution in [1.29, 1.82) is 0 Å². The summed E-state index contributed by atoms with van der Waals surface area (Å²) in [7, 11) is 2.01. The monoisotopic (exact) mass is 232 g/mol. The summed E-state index contributed by atoms with van der Waals surface area (Å²) < 4.78 is 7.21. The molecule has 0 spiro atoms. The summed E-state index contributed by atoms with van der Waals surface area (Å²) in [5, 5.41) is 7.84. The molecule has 0 radical (unpaired) electrons. The number of nitrogens with zero attached hydrogens (tertiary/aromatic N) is 3. The van der Waals surface area contributed by atoms with Crippen molar-refractivity contribution in [2.24, 2.45) is 7.05 Å². The number of hydrogen-bond acceptors (Lipinski definition) is 4. The summed E-state index contributed by atoms with van der Waals surface area (Å²) in [6.07, 6.45) is 8.69. The minimum Gasteiger partial charge on any atom is -0.447 e. The molecule has 1 aliphatic carbocycles. The van der Waals surface area contributed by atoms with Crippen LogP contribution in [-0.4, -0.2) is 14.8 Å². The molecule has 0 amide bonds. The molecule has 1 unspecified atom stereocenters. The standard InChI is InChI=1S/C12H16N4O/c1-16-12-4-2-3-11(10(12)7-15-16)14-6-9-5-13-8-17-9/h5,7-8,11,14H,2-4,6H2,1H3. The van der Waals surface area contributed by atoms with Crippen LogP contribution in [0.5, 0.6) is 0 Å². The molecule has 2 aromatic rings. The highest BCUT2D eigenvalue weighted by Gasteiger charge is 2.22. The van der Waals surface area contributed by atoms with Crippen molar-refractivity contribution in [2.75, 3.05) is 0 Å². The second-order valence-electron chi connectivity index (χ2n) is 4.46. The maximum absolute atomic E-state index is 5.22. The molecule has 1 aliphatic rings. The van der Waals surface area contributed by atoms with Crippen LogP contribution in [0.3, 0.4) is 0 Å². The molecule has 0 aliphatic heterocycles. The number of hydrogen-bond donors (Lipinski definition) is 1. The first-order valence-corrected chi connectivity index (χ1v) is 5.96. The number of fused-ring (bicyclic) bond motifs is 1. The van der Waals surface area contributed by atoms with Gasteiger partial charge in [-0.25, -0.2) is 4.98 Å². The fraction of sp³-hybridized carbons (Fsp3) is 0.500. The first kappa shape index (κ1) is 10.5. The maximum atomic E-state index is 5.22. The van der Waals surface area contributed by atoms with E-state index in [0.717, 1.165) is 25.1 Å². The van der Waals surface area contributed by atoms with Crippen LogP contribution in [0.15, 0.2) is 23.2 Å². The van der Waals surface area contributed by atoms with Gasteiger partial charge < -0.3 is 9.73 Å². The first-order chi connectivity index (χ1) is 8.34. The van der Waals surface area contributed by atoms with Gasteiger partial charge in [0.05, 0.1) is 18.9 Å². The number of oxazole rings is 1. The smallest absolute Gasteiger partial charge is 0.180 e. The van der Waals surface area contributed by atoms with E-state index in [1.165, 1.54) is 24.1 Å². The topological polar surface area (TPSA) is 55.9 Å². The van der Waals surface area contributed by atoms with E-state index in [1.807, 2.05) is 17.9 Å². The summed E-state index contributed by atoms with van der Waals surface area (Å²) in [4.78, 5) is 3.91. The van der Waals surface area contributed by atoms with E-state index in [-0.39, 0.29) is 0 Å². The Balaban J connectivity index is 1.72. The lowest BCUT2D eigenvalue weighted by Gasteiger charge is -2.23. The van der Waals surface area contributed by atoms with Crippen LogP contribution in [0.25, 0.3) is 0 Å². The van der Waals surface area contributed by atoms with Gasteiger partial charge in [0.1, 0.15) is 5.76 Å². The van der Waals surface area contributed by atoms with Crippen molar-refractivity contribution in [2.45, 2.75) is 31.8 Å². The highest BCUT2D eigenvalue weighted by atomic mass is 16.3. The third-order valence-corrected chi connectivity index (χ3v) is 3.38. The van der Waals surface area contributed by atoms with Gasteiger partial charge in [-0.3, -0.25) is 4.68 Å². The molecule has 0 bridgehead atoms. The molecule has 3 rings (SSSR count). The molecule has 0 saturated heterocycles. The minimum atomic E-state index is 0.387. The minimum absolute atomic E-state index is 0.387. The van der Waals surface area contributed by atoms with E-state index >= 15 is 0 Å². The highest BCUT2D eigenvalue weighted by molar-refractivity contribution is 5.24. The van der Waals surface area contributed by atoms with E-state index in [4.69, 9.17) is 4.42 Å². The third-order valence-electron chi connectivity index (χ3n) is 3.38. The van der Waals surface area contributed by atoms with Crippen molar-refractivity contribution in [3.05, 3.63) is 35.8 Å². The lowest BCUT2D eigenvalue weighted by Crippen LogP contribution is -2.24. The zero-order valence-electron chi connectivity index (χ0n) is 9.89. The summed E-state index contributed by atoms with van der Waals surface area (Å²) in [5.74, 6) is 0.876. The van der Waals surface area contributed by atoms with Crippen LogP contribution in [-0.2, 0) is 20.0 Å². The van der Waals surface area contributed by atoms with E-state index in [0.29, 0.717) is 6.04 Å². The summed E-state index contributed by atoms with van der Waals surface area (Å²) in [6, 6.07) is 0.387. The number of rotatable bonds is 3. The molecule has 90 valence electrons. The second kappa shape index (κ2) is 4.33. The molecule has 2 aromatic heterocycles. The number of aromatic nitrogens is 3. The Hall–Kier alpha value is -1.62. The van der Waals surface area contributed by atoms with Crippen molar-refractivity contribution in [3.8, 4) is 0 Å². The molecule has 5 nitrogen and oxygen atoms in total. The Morgan fingerprint density at radius 3 is 3.29 bits per heavy atom. The van der Waals surface area contributed by atoms with Gasteiger partial charge >= 0.3 is 0 Å². The summed E-state index contributed by atoms with van der Waals surface area (Å²) >= 11 is 0. The van der Waals surface area contributed by atoms with Gasteiger partial charge in [0.15, 0.2) is 6.39 Å². The Bertz CT molecular complexity index is 489. The largest absolute Gasteiger partial charge is 0.447 e. The van der Waals surface area contributed by atoms with Crippen LogP contribution in [0, 0.1) is 0 Å². The van der Waals surface area contributed by atoms with Gasteiger partial charge in [0, 0.05) is 24.3 Å². The van der Waals surface area contributed by atoms with E-state index < -0.39 is 0 Å². The quantitative estimate of drug-likeness (QED) is 0.872. The van der Waals surface area contributed by atoms with Gasteiger partial charge in [-0.05, 0) is 19.3 Å². The molecule has 5 heteroatoms. The Kier molecular flexibility index (Phi) is 2.68. The lowest BCUT2D eigenvalue weighted by atomic mass is 9.93. The SMILES string of the molecule is Cn1ncc2c1CCCC2NCc1cnco1. The van der Waals surface area contributed by atoms with Crippen LogP contribution in [0.1, 0.15) is 35.9 Å². The second-order valence-corrected chi connectivity index (χ2v) is 4.46. The molecular formula is C12H16N4O. The summed E-state index contributed by atoms with van der Waals surface area (Å²) in [6.45, 7) is 0.721. The van der Waals surface area contributed by atoms with E-state index in [9.17, 15) is 0 Å². The van der Waals surface area contributed by atoms with Crippen LogP contribution in [0.2, 0.25) is 0 Å². The average molecular weight is 232 g/mol. The Morgan fingerprint density at radius 2 is 2.47 bits per heavy atom. The zero-order chi connectivity index (χ0) is 11.7. The normalized spacial score (nSPS) is 19.2. The predicted octanol–water partition coefficient (Wildman–Crippen LogP) is 1.58. The van der Waals surface area contributed by atoms with Crippen molar-refractivity contribution in [3.63, 3.8) is 0 Å². The van der Waals surface area contributed by atoms with Crippen molar-refractivity contribution >= 4 is 0 Å². The average Bonchev–Trinajstić information content (AvgIpc) is 2.97. The van der Waals surface area contributed by atoms with Crippen LogP contribution < -0.4 is 5.32 Å². The highest BCUT2D eigenvalue weighted by Crippen LogP contribution is 2.29. The molecule has 1 N–H and O–H groups in total. The van der Waals surface area contributed by atoms with Gasteiger partial charge in [-0.1, -0.05) is 0 Å². The summed E-state index contributed by atoms with van der Waals surface area (Å²) in [5.41, 5.74) is 2.68. The molecule has 1 atom stereocenters. The fourth-order valence-electron chi connectivity index (χ4n) is 2.47. The number of nitrogens with one attached hydrogen (secondary N) is 1. The fourth-order valence-corrected chi connectivity index (χ4v) is 2.47.